The summed E-state index contributed by atoms with van der Waals surface area (Å²) in [5.74, 6) is 1.74. The first-order valence-corrected chi connectivity index (χ1v) is 9.96. The molecule has 1 amide bonds. The van der Waals surface area contributed by atoms with E-state index in [1.165, 1.54) is 43.5 Å². The predicted molar refractivity (Wildman–Crippen MR) is 102 cm³/mol. The number of nitrogens with zero attached hydrogens (tertiary/aromatic N) is 1. The van der Waals surface area contributed by atoms with Gasteiger partial charge >= 0.3 is 0 Å². The molecule has 2 aliphatic heterocycles. The number of carbonyl (C=O) groups excluding carboxylic acids is 1. The molecule has 1 aromatic rings. The minimum absolute atomic E-state index is 0.183. The summed E-state index contributed by atoms with van der Waals surface area (Å²) in [4.78, 5) is 14.6. The average Bonchev–Trinajstić information content (AvgIpc) is 3.14. The Balaban J connectivity index is 1.40. The fourth-order valence-electron chi connectivity index (χ4n) is 3.90. The van der Waals surface area contributed by atoms with Crippen molar-refractivity contribution in [2.45, 2.75) is 52.1 Å². The van der Waals surface area contributed by atoms with Gasteiger partial charge in [0.2, 0.25) is 5.91 Å². The first-order valence-electron chi connectivity index (χ1n) is 9.96. The van der Waals surface area contributed by atoms with Crippen LogP contribution >= 0.6 is 0 Å². The number of benzene rings is 1. The van der Waals surface area contributed by atoms with Crippen LogP contribution in [0.2, 0.25) is 0 Å². The van der Waals surface area contributed by atoms with Crippen LogP contribution in [-0.4, -0.2) is 37.0 Å². The Kier molecular flexibility index (Phi) is 6.88. The zero-order valence-corrected chi connectivity index (χ0v) is 15.6. The van der Waals surface area contributed by atoms with Crippen molar-refractivity contribution in [2.24, 2.45) is 11.8 Å². The highest BCUT2D eigenvalue weighted by Gasteiger charge is 2.16. The van der Waals surface area contributed by atoms with E-state index in [-0.39, 0.29) is 5.91 Å². The number of hydrogen-bond donors (Lipinski definition) is 2. The number of hydrogen-bond acceptors (Lipinski definition) is 3. The summed E-state index contributed by atoms with van der Waals surface area (Å²) < 4.78 is 0. The number of amides is 1. The van der Waals surface area contributed by atoms with E-state index in [0.717, 1.165) is 32.0 Å². The quantitative estimate of drug-likeness (QED) is 0.800. The summed E-state index contributed by atoms with van der Waals surface area (Å²) in [6.45, 7) is 8.62. The Labute approximate surface area is 152 Å². The first kappa shape index (κ1) is 18.4. The number of rotatable bonds is 7. The third kappa shape index (κ3) is 6.12. The molecule has 1 atom stereocenters. The first-order chi connectivity index (χ1) is 12.2. The van der Waals surface area contributed by atoms with Gasteiger partial charge in [0.05, 0.1) is 0 Å². The molecule has 138 valence electrons. The zero-order valence-electron chi connectivity index (χ0n) is 15.6. The van der Waals surface area contributed by atoms with Crippen LogP contribution in [-0.2, 0) is 17.9 Å². The molecule has 2 aliphatic rings. The lowest BCUT2D eigenvalue weighted by Gasteiger charge is -2.30. The monoisotopic (exact) mass is 343 g/mol. The molecule has 2 saturated heterocycles. The molecule has 2 fully saturated rings. The number of nitrogens with one attached hydrogen (secondary N) is 2. The van der Waals surface area contributed by atoms with Crippen LogP contribution in [0.3, 0.4) is 0 Å². The summed E-state index contributed by atoms with van der Waals surface area (Å²) >= 11 is 0. The molecule has 0 radical (unpaired) electrons. The highest BCUT2D eigenvalue weighted by molar-refractivity contribution is 5.75. The van der Waals surface area contributed by atoms with Gasteiger partial charge in [-0.05, 0) is 74.8 Å². The molecular formula is C21H33N3O. The van der Waals surface area contributed by atoms with Gasteiger partial charge < -0.3 is 10.6 Å². The number of carbonyl (C=O) groups is 1. The van der Waals surface area contributed by atoms with Gasteiger partial charge in [0.15, 0.2) is 0 Å². The van der Waals surface area contributed by atoms with Crippen LogP contribution in [0.4, 0.5) is 0 Å². The molecule has 1 aromatic carbocycles. The van der Waals surface area contributed by atoms with E-state index in [1.54, 1.807) is 0 Å². The second kappa shape index (κ2) is 9.35. The maximum absolute atomic E-state index is 12.1. The van der Waals surface area contributed by atoms with Crippen LogP contribution in [0.1, 0.15) is 50.2 Å². The topological polar surface area (TPSA) is 44.4 Å². The van der Waals surface area contributed by atoms with Gasteiger partial charge in [-0.25, -0.2) is 0 Å². The van der Waals surface area contributed by atoms with E-state index in [0.29, 0.717) is 18.9 Å². The van der Waals surface area contributed by atoms with Crippen molar-refractivity contribution in [3.05, 3.63) is 35.4 Å². The molecule has 1 unspecified atom stereocenters. The Hall–Kier alpha value is -1.39. The lowest BCUT2D eigenvalue weighted by Crippen LogP contribution is -2.32. The molecule has 25 heavy (non-hydrogen) atoms. The van der Waals surface area contributed by atoms with Crippen molar-refractivity contribution in [2.75, 3.05) is 26.2 Å². The van der Waals surface area contributed by atoms with Gasteiger partial charge in [-0.3, -0.25) is 9.69 Å². The fourth-order valence-corrected chi connectivity index (χ4v) is 3.90. The molecule has 4 nitrogen and oxygen atoms in total. The molecule has 4 heteroatoms. The second-order valence-corrected chi connectivity index (χ2v) is 7.95. The standard InChI is InChI=1S/C21H33N3O/c1-17-8-11-24(12-9-17)16-20-4-2-3-19(13-20)15-23-21(25)6-5-18-7-10-22-14-18/h2-4,13,17-18,22H,5-12,14-16H2,1H3,(H,23,25). The van der Waals surface area contributed by atoms with E-state index in [9.17, 15) is 4.79 Å². The summed E-state index contributed by atoms with van der Waals surface area (Å²) in [5, 5.41) is 6.45. The normalized spacial score (nSPS) is 22.2. The van der Waals surface area contributed by atoms with Crippen LogP contribution in [0.15, 0.2) is 24.3 Å². The summed E-state index contributed by atoms with van der Waals surface area (Å²) in [6.07, 6.45) is 5.49. The van der Waals surface area contributed by atoms with Crippen molar-refractivity contribution in [3.8, 4) is 0 Å². The Bertz CT molecular complexity index is 546. The molecule has 0 aliphatic carbocycles. The maximum Gasteiger partial charge on any atom is 0.220 e. The SMILES string of the molecule is CC1CCN(Cc2cccc(CNC(=O)CCC3CCNC3)c2)CC1. The zero-order chi connectivity index (χ0) is 17.5. The van der Waals surface area contributed by atoms with Gasteiger partial charge in [0.1, 0.15) is 0 Å². The van der Waals surface area contributed by atoms with Crippen LogP contribution in [0.25, 0.3) is 0 Å². The third-order valence-corrected chi connectivity index (χ3v) is 5.71. The Morgan fingerprint density at radius 1 is 1.24 bits per heavy atom. The van der Waals surface area contributed by atoms with E-state index >= 15 is 0 Å². The van der Waals surface area contributed by atoms with Crippen molar-refractivity contribution < 1.29 is 4.79 Å². The molecular weight excluding hydrogens is 310 g/mol. The summed E-state index contributed by atoms with van der Waals surface area (Å²) in [7, 11) is 0. The second-order valence-electron chi connectivity index (χ2n) is 7.95. The van der Waals surface area contributed by atoms with Crippen LogP contribution in [0.5, 0.6) is 0 Å². The highest BCUT2D eigenvalue weighted by atomic mass is 16.1. The lowest BCUT2D eigenvalue weighted by molar-refractivity contribution is -0.121. The molecule has 0 spiro atoms. The van der Waals surface area contributed by atoms with Gasteiger partial charge in [-0.2, -0.15) is 0 Å². The van der Waals surface area contributed by atoms with Crippen LogP contribution < -0.4 is 10.6 Å². The van der Waals surface area contributed by atoms with E-state index in [1.807, 2.05) is 0 Å². The van der Waals surface area contributed by atoms with Crippen molar-refractivity contribution >= 4 is 5.91 Å². The Morgan fingerprint density at radius 3 is 2.80 bits per heavy atom. The molecule has 0 bridgehead atoms. The van der Waals surface area contributed by atoms with Crippen molar-refractivity contribution in [1.29, 1.82) is 0 Å². The number of piperidine rings is 1. The van der Waals surface area contributed by atoms with Gasteiger partial charge in [-0.1, -0.05) is 31.2 Å². The fraction of sp³-hybridized carbons (Fsp3) is 0.667. The van der Waals surface area contributed by atoms with E-state index in [2.05, 4.69) is 46.7 Å². The Morgan fingerprint density at radius 2 is 2.04 bits per heavy atom. The molecule has 0 saturated carbocycles. The molecule has 2 N–H and O–H groups in total. The minimum Gasteiger partial charge on any atom is -0.352 e. The minimum atomic E-state index is 0.183. The smallest absolute Gasteiger partial charge is 0.220 e. The lowest BCUT2D eigenvalue weighted by atomic mass is 9.98. The molecule has 3 rings (SSSR count). The maximum atomic E-state index is 12.1. The summed E-state index contributed by atoms with van der Waals surface area (Å²) in [6, 6.07) is 8.69. The number of likely N-dealkylation sites (tertiary alicyclic amines) is 1. The van der Waals surface area contributed by atoms with Gasteiger partial charge in [-0.15, -0.1) is 0 Å². The van der Waals surface area contributed by atoms with E-state index in [4.69, 9.17) is 0 Å². The molecule has 2 heterocycles. The predicted octanol–water partition coefficient (Wildman–Crippen LogP) is 2.92. The van der Waals surface area contributed by atoms with Crippen LogP contribution in [0, 0.1) is 11.8 Å². The largest absolute Gasteiger partial charge is 0.352 e. The van der Waals surface area contributed by atoms with Gasteiger partial charge in [0.25, 0.3) is 0 Å². The average molecular weight is 344 g/mol. The highest BCUT2D eigenvalue weighted by Crippen LogP contribution is 2.18. The third-order valence-electron chi connectivity index (χ3n) is 5.71. The van der Waals surface area contributed by atoms with Gasteiger partial charge in [0, 0.05) is 19.5 Å². The van der Waals surface area contributed by atoms with E-state index < -0.39 is 0 Å². The molecule has 0 aromatic heterocycles. The van der Waals surface area contributed by atoms with Crippen molar-refractivity contribution in [1.82, 2.24) is 15.5 Å². The van der Waals surface area contributed by atoms with Crippen molar-refractivity contribution in [3.63, 3.8) is 0 Å². The summed E-state index contributed by atoms with van der Waals surface area (Å²) in [5.41, 5.74) is 2.57.